The fraction of sp³-hybridized carbons (Fsp3) is 0. The second-order valence-corrected chi connectivity index (χ2v) is 11.8. The van der Waals surface area contributed by atoms with Crippen molar-refractivity contribution in [2.24, 2.45) is 0 Å². The number of hydrogen-bond donors (Lipinski definition) is 0. The summed E-state index contributed by atoms with van der Waals surface area (Å²) in [6.45, 7) is 0. The van der Waals surface area contributed by atoms with Gasteiger partial charge in [0.1, 0.15) is 11.2 Å². The van der Waals surface area contributed by atoms with Gasteiger partial charge in [-0.1, -0.05) is 97.1 Å². The van der Waals surface area contributed by atoms with E-state index in [0.29, 0.717) is 5.95 Å². The van der Waals surface area contributed by atoms with Crippen LogP contribution >= 0.6 is 0 Å². The molecule has 11 rings (SSSR count). The highest BCUT2D eigenvalue weighted by molar-refractivity contribution is 6.30. The molecule has 0 amide bonds. The van der Waals surface area contributed by atoms with Gasteiger partial charge in [-0.2, -0.15) is 0 Å². The van der Waals surface area contributed by atoms with Crippen molar-refractivity contribution in [3.05, 3.63) is 133 Å². The molecule has 6 aromatic heterocycles. The average Bonchev–Trinajstić information content (AvgIpc) is 3.83. The first-order valence-electron chi connectivity index (χ1n) is 15.2. The lowest BCUT2D eigenvalue weighted by atomic mass is 10.0. The van der Waals surface area contributed by atoms with Crippen LogP contribution in [0.2, 0.25) is 0 Å². The van der Waals surface area contributed by atoms with E-state index < -0.39 is 0 Å². The summed E-state index contributed by atoms with van der Waals surface area (Å²) < 4.78 is 11.0. The molecule has 0 unspecified atom stereocenters. The summed E-state index contributed by atoms with van der Waals surface area (Å²) in [6, 6.07) is 46.7. The van der Waals surface area contributed by atoms with Crippen LogP contribution in [0.3, 0.4) is 0 Å². The molecule has 0 atom stereocenters. The maximum atomic E-state index is 6.29. The van der Waals surface area contributed by atoms with Crippen molar-refractivity contribution < 1.29 is 4.42 Å². The summed E-state index contributed by atoms with van der Waals surface area (Å²) in [6.07, 6.45) is 0. The van der Waals surface area contributed by atoms with E-state index in [0.717, 1.165) is 60.6 Å². The van der Waals surface area contributed by atoms with Crippen LogP contribution < -0.4 is 0 Å². The van der Waals surface area contributed by atoms with Gasteiger partial charge in [-0.05, 0) is 36.4 Å². The van der Waals surface area contributed by atoms with Crippen molar-refractivity contribution in [2.75, 3.05) is 0 Å². The SMILES string of the molecule is c1ccc2c(-c3cccc4oc5ccccc5c34)nc(-n3c4ccccc4c4c3c3cccc5c6ccccc6c4n53)nc2c1. The molecule has 5 nitrogen and oxygen atoms in total. The molecule has 0 aliphatic heterocycles. The Hall–Kier alpha value is -6.20. The van der Waals surface area contributed by atoms with Gasteiger partial charge in [0.25, 0.3) is 0 Å². The lowest BCUT2D eigenvalue weighted by Crippen LogP contribution is -2.03. The van der Waals surface area contributed by atoms with Crippen LogP contribution in [-0.2, 0) is 0 Å². The molecule has 6 heterocycles. The quantitative estimate of drug-likeness (QED) is 0.206. The Bertz CT molecular complexity index is 3000. The first-order chi connectivity index (χ1) is 22.3. The Morgan fingerprint density at radius 2 is 1.11 bits per heavy atom. The molecular formula is C40H22N4O. The Balaban J connectivity index is 1.33. The molecule has 0 aliphatic carbocycles. The standard InChI is InChI=1S/C40H22N4O/c1-2-12-24-23(11-1)30-19-10-20-32-39-36(38(24)43(30)32)26-14-4-7-18-31(26)44(39)40-41-29-17-6-3-13-25(29)37(42-40)28-16-9-22-34-35(28)27-15-5-8-21-33(27)45-34/h1-22H. The third-order valence-corrected chi connectivity index (χ3v) is 9.47. The number of fused-ring (bicyclic) bond motifs is 12. The molecule has 0 aliphatic rings. The van der Waals surface area contributed by atoms with Crippen molar-refractivity contribution in [1.82, 2.24) is 18.9 Å². The largest absolute Gasteiger partial charge is 0.456 e. The highest BCUT2D eigenvalue weighted by Gasteiger charge is 2.25. The molecule has 5 aromatic carbocycles. The first-order valence-corrected chi connectivity index (χ1v) is 15.2. The number of para-hydroxylation sites is 3. The van der Waals surface area contributed by atoms with Gasteiger partial charge < -0.3 is 8.82 Å². The molecule has 0 fully saturated rings. The normalized spacial score (nSPS) is 12.4. The summed E-state index contributed by atoms with van der Waals surface area (Å²) in [7, 11) is 0. The average molecular weight is 575 g/mol. The van der Waals surface area contributed by atoms with E-state index in [9.17, 15) is 0 Å². The maximum absolute atomic E-state index is 6.29. The van der Waals surface area contributed by atoms with Crippen molar-refractivity contribution in [3.63, 3.8) is 0 Å². The predicted molar refractivity (Wildman–Crippen MR) is 184 cm³/mol. The van der Waals surface area contributed by atoms with Gasteiger partial charge in [0, 0.05) is 43.3 Å². The van der Waals surface area contributed by atoms with Crippen LogP contribution in [-0.4, -0.2) is 18.9 Å². The van der Waals surface area contributed by atoms with Crippen LogP contribution in [0, 0.1) is 0 Å². The van der Waals surface area contributed by atoms with Gasteiger partial charge in [-0.15, -0.1) is 0 Å². The van der Waals surface area contributed by atoms with E-state index in [2.05, 4.69) is 118 Å². The van der Waals surface area contributed by atoms with Crippen LogP contribution in [0.15, 0.2) is 138 Å². The monoisotopic (exact) mass is 574 g/mol. The number of rotatable bonds is 2. The molecule has 0 N–H and O–H groups in total. The second-order valence-electron chi connectivity index (χ2n) is 11.8. The second kappa shape index (κ2) is 8.24. The highest BCUT2D eigenvalue weighted by Crippen LogP contribution is 2.45. The molecule has 208 valence electrons. The van der Waals surface area contributed by atoms with Crippen LogP contribution in [0.25, 0.3) is 99.2 Å². The third-order valence-electron chi connectivity index (χ3n) is 9.47. The summed E-state index contributed by atoms with van der Waals surface area (Å²) in [5.41, 5.74) is 10.3. The number of furan rings is 1. The predicted octanol–water partition coefficient (Wildman–Crippen LogP) is 10.3. The Morgan fingerprint density at radius 3 is 2.02 bits per heavy atom. The zero-order chi connectivity index (χ0) is 29.2. The molecule has 5 heteroatoms. The number of aromatic nitrogens is 4. The van der Waals surface area contributed by atoms with Gasteiger partial charge in [-0.25, -0.2) is 9.97 Å². The van der Waals surface area contributed by atoms with Crippen molar-refractivity contribution in [3.8, 4) is 17.2 Å². The van der Waals surface area contributed by atoms with Gasteiger partial charge in [0.15, 0.2) is 0 Å². The lowest BCUT2D eigenvalue weighted by Gasteiger charge is -2.12. The molecule has 45 heavy (non-hydrogen) atoms. The molecule has 0 bridgehead atoms. The van der Waals surface area contributed by atoms with Crippen LogP contribution in [0.5, 0.6) is 0 Å². The van der Waals surface area contributed by atoms with E-state index in [1.165, 1.54) is 32.6 Å². The smallest absolute Gasteiger partial charge is 0.235 e. The molecular weight excluding hydrogens is 552 g/mol. The highest BCUT2D eigenvalue weighted by atomic mass is 16.3. The minimum Gasteiger partial charge on any atom is -0.456 e. The zero-order valence-corrected chi connectivity index (χ0v) is 23.9. The van der Waals surface area contributed by atoms with E-state index in [1.54, 1.807) is 0 Å². The summed E-state index contributed by atoms with van der Waals surface area (Å²) in [5.74, 6) is 0.651. The summed E-state index contributed by atoms with van der Waals surface area (Å²) in [4.78, 5) is 10.7. The summed E-state index contributed by atoms with van der Waals surface area (Å²) in [5, 5.41) is 8.09. The van der Waals surface area contributed by atoms with Crippen molar-refractivity contribution in [1.29, 1.82) is 0 Å². The summed E-state index contributed by atoms with van der Waals surface area (Å²) >= 11 is 0. The topological polar surface area (TPSA) is 48.3 Å². The number of pyridine rings is 1. The fourth-order valence-corrected chi connectivity index (χ4v) is 7.70. The Kier molecular flexibility index (Phi) is 4.26. The van der Waals surface area contributed by atoms with Gasteiger partial charge >= 0.3 is 0 Å². The Morgan fingerprint density at radius 1 is 0.444 bits per heavy atom. The number of nitrogens with zero attached hydrogens (tertiary/aromatic N) is 4. The molecule has 0 saturated heterocycles. The molecule has 11 aromatic rings. The van der Waals surface area contributed by atoms with E-state index in [4.69, 9.17) is 14.4 Å². The van der Waals surface area contributed by atoms with E-state index in [-0.39, 0.29) is 0 Å². The fourth-order valence-electron chi connectivity index (χ4n) is 7.70. The Labute approximate surface area is 255 Å². The molecule has 0 saturated carbocycles. The number of benzene rings is 5. The van der Waals surface area contributed by atoms with Gasteiger partial charge in [0.2, 0.25) is 5.95 Å². The minimum absolute atomic E-state index is 0.651. The molecule has 0 radical (unpaired) electrons. The maximum Gasteiger partial charge on any atom is 0.235 e. The van der Waals surface area contributed by atoms with Gasteiger partial charge in [-0.3, -0.25) is 4.57 Å². The lowest BCUT2D eigenvalue weighted by molar-refractivity contribution is 0.669. The molecule has 0 spiro atoms. The van der Waals surface area contributed by atoms with Crippen LogP contribution in [0.1, 0.15) is 0 Å². The van der Waals surface area contributed by atoms with Crippen molar-refractivity contribution in [2.45, 2.75) is 0 Å². The van der Waals surface area contributed by atoms with Crippen LogP contribution in [0.4, 0.5) is 0 Å². The van der Waals surface area contributed by atoms with E-state index in [1.807, 2.05) is 24.3 Å². The van der Waals surface area contributed by atoms with Gasteiger partial charge in [0.05, 0.1) is 38.8 Å². The third kappa shape index (κ3) is 2.88. The zero-order valence-electron chi connectivity index (χ0n) is 23.9. The minimum atomic E-state index is 0.651. The first kappa shape index (κ1) is 23.3. The number of hydrogen-bond acceptors (Lipinski definition) is 3. The van der Waals surface area contributed by atoms with Crippen molar-refractivity contribution >= 4 is 82.0 Å². The van der Waals surface area contributed by atoms with E-state index >= 15 is 0 Å².